The number of anilines is 1. The molecule has 0 spiro atoms. The van der Waals surface area contributed by atoms with Gasteiger partial charge in [0.15, 0.2) is 0 Å². The van der Waals surface area contributed by atoms with Gasteiger partial charge in [-0.1, -0.05) is 92.7 Å². The Morgan fingerprint density at radius 3 is 1.88 bits per heavy atom. The molecule has 1 aliphatic rings. The fourth-order valence-electron chi connectivity index (χ4n) is 4.05. The molecule has 166 valence electrons. The molecule has 1 heterocycles. The molecule has 3 aromatic rings. The molecule has 0 saturated carbocycles. The molecule has 3 aromatic carbocycles. The van der Waals surface area contributed by atoms with Crippen LogP contribution in [0.3, 0.4) is 0 Å². The zero-order valence-electron chi connectivity index (χ0n) is 19.8. The lowest BCUT2D eigenvalue weighted by molar-refractivity contribution is 0.122. The number of morpholine rings is 1. The molecule has 0 amide bonds. The summed E-state index contributed by atoms with van der Waals surface area (Å²) in [6.07, 6.45) is 4.21. The molecule has 0 aromatic heterocycles. The molecule has 2 heteroatoms. The summed E-state index contributed by atoms with van der Waals surface area (Å²) in [7, 11) is 0. The number of benzene rings is 3. The molecule has 1 aliphatic heterocycles. The third kappa shape index (κ3) is 5.77. The van der Waals surface area contributed by atoms with Crippen molar-refractivity contribution >= 4 is 22.9 Å². The first-order valence-corrected chi connectivity index (χ1v) is 11.7. The van der Waals surface area contributed by atoms with E-state index in [9.17, 15) is 0 Å². The molecule has 0 aliphatic carbocycles. The lowest BCUT2D eigenvalue weighted by atomic mass is 9.90. The Hall–Kier alpha value is -3.10. The van der Waals surface area contributed by atoms with E-state index in [2.05, 4.69) is 110 Å². The van der Waals surface area contributed by atoms with E-state index in [-0.39, 0.29) is 0 Å². The van der Waals surface area contributed by atoms with Crippen molar-refractivity contribution in [3.8, 4) is 0 Å². The van der Waals surface area contributed by atoms with Crippen LogP contribution >= 0.6 is 0 Å². The van der Waals surface area contributed by atoms with Gasteiger partial charge in [0.25, 0.3) is 0 Å². The van der Waals surface area contributed by atoms with Crippen molar-refractivity contribution in [3.63, 3.8) is 0 Å². The van der Waals surface area contributed by atoms with Crippen molar-refractivity contribution < 1.29 is 4.74 Å². The van der Waals surface area contributed by atoms with E-state index >= 15 is 0 Å². The van der Waals surface area contributed by atoms with Crippen LogP contribution in [0.5, 0.6) is 0 Å². The molecule has 2 nitrogen and oxygen atoms in total. The van der Waals surface area contributed by atoms with E-state index in [1.165, 1.54) is 39.1 Å². The fourth-order valence-corrected chi connectivity index (χ4v) is 4.05. The van der Waals surface area contributed by atoms with Gasteiger partial charge < -0.3 is 9.64 Å². The molecular formula is C30H35NO. The van der Waals surface area contributed by atoms with Crippen molar-refractivity contribution in [1.29, 1.82) is 0 Å². The van der Waals surface area contributed by atoms with Gasteiger partial charge in [0.05, 0.1) is 13.2 Å². The van der Waals surface area contributed by atoms with Gasteiger partial charge >= 0.3 is 0 Å². The van der Waals surface area contributed by atoms with Crippen LogP contribution in [-0.2, 0) is 4.74 Å². The standard InChI is InChI=1S/C28H29NO.C2H6/c1-3-7-23-10-12-25(13-11-23)28(22(2)24-8-5-4-6-9-24)26-14-16-27(17-15-26)29-18-20-30-21-19-29;1-2/h3-17H,18-21H2,1-2H3;1-2H3/b7-3+,28-22+;. The number of allylic oxidation sites excluding steroid dienone is 2. The van der Waals surface area contributed by atoms with Crippen LogP contribution in [0.4, 0.5) is 5.69 Å². The van der Waals surface area contributed by atoms with Gasteiger partial charge in [-0.2, -0.15) is 0 Å². The summed E-state index contributed by atoms with van der Waals surface area (Å²) in [5, 5.41) is 0. The first kappa shape index (κ1) is 23.6. The molecule has 0 N–H and O–H groups in total. The maximum absolute atomic E-state index is 5.49. The van der Waals surface area contributed by atoms with E-state index in [0.29, 0.717) is 0 Å². The first-order valence-electron chi connectivity index (χ1n) is 11.7. The lowest BCUT2D eigenvalue weighted by Crippen LogP contribution is -2.36. The minimum atomic E-state index is 0.804. The van der Waals surface area contributed by atoms with Crippen LogP contribution in [0.1, 0.15) is 49.9 Å². The van der Waals surface area contributed by atoms with Crippen molar-refractivity contribution in [3.05, 3.63) is 107 Å². The SMILES string of the molecule is C/C=C/c1ccc(/C(=C(/C)c2ccccc2)c2ccc(N3CCOCC3)cc2)cc1.CC. The van der Waals surface area contributed by atoms with Gasteiger partial charge in [0.2, 0.25) is 0 Å². The highest BCUT2D eigenvalue weighted by molar-refractivity contribution is 5.98. The second-order valence-electron chi connectivity index (χ2n) is 7.63. The van der Waals surface area contributed by atoms with E-state index in [4.69, 9.17) is 4.74 Å². The van der Waals surface area contributed by atoms with Gasteiger partial charge in [-0.05, 0) is 59.4 Å². The first-order chi connectivity index (χ1) is 15.8. The Kier molecular flexibility index (Phi) is 8.89. The Morgan fingerprint density at radius 1 is 0.750 bits per heavy atom. The number of ether oxygens (including phenoxy) is 1. The van der Waals surface area contributed by atoms with E-state index in [1.54, 1.807) is 0 Å². The average Bonchev–Trinajstić information content (AvgIpc) is 2.88. The molecule has 1 fully saturated rings. The molecule has 0 bridgehead atoms. The Balaban J connectivity index is 0.00000141. The summed E-state index contributed by atoms with van der Waals surface area (Å²) >= 11 is 0. The highest BCUT2D eigenvalue weighted by Gasteiger charge is 2.14. The fraction of sp³-hybridized carbons (Fsp3) is 0.267. The monoisotopic (exact) mass is 425 g/mol. The predicted octanol–water partition coefficient (Wildman–Crippen LogP) is 7.56. The smallest absolute Gasteiger partial charge is 0.0642 e. The summed E-state index contributed by atoms with van der Waals surface area (Å²) in [6.45, 7) is 11.8. The number of hydrogen-bond acceptors (Lipinski definition) is 2. The average molecular weight is 426 g/mol. The largest absolute Gasteiger partial charge is 0.378 e. The summed E-state index contributed by atoms with van der Waals surface area (Å²) < 4.78 is 5.49. The van der Waals surface area contributed by atoms with Gasteiger partial charge in [0.1, 0.15) is 0 Å². The van der Waals surface area contributed by atoms with Crippen LogP contribution in [0, 0.1) is 0 Å². The zero-order valence-corrected chi connectivity index (χ0v) is 19.8. The Labute approximate surface area is 193 Å². The number of rotatable bonds is 5. The number of hydrogen-bond donors (Lipinski definition) is 0. The quantitative estimate of drug-likeness (QED) is 0.391. The van der Waals surface area contributed by atoms with Crippen LogP contribution in [0.2, 0.25) is 0 Å². The molecule has 0 unspecified atom stereocenters. The minimum Gasteiger partial charge on any atom is -0.378 e. The van der Waals surface area contributed by atoms with Crippen molar-refractivity contribution in [2.75, 3.05) is 31.2 Å². The van der Waals surface area contributed by atoms with Crippen LogP contribution in [-0.4, -0.2) is 26.3 Å². The van der Waals surface area contributed by atoms with Crippen molar-refractivity contribution in [2.45, 2.75) is 27.7 Å². The van der Waals surface area contributed by atoms with Gasteiger partial charge in [-0.25, -0.2) is 0 Å². The molecule has 4 rings (SSSR count). The second kappa shape index (κ2) is 12.1. The van der Waals surface area contributed by atoms with Gasteiger partial charge in [-0.15, -0.1) is 0 Å². The highest BCUT2D eigenvalue weighted by atomic mass is 16.5. The third-order valence-corrected chi connectivity index (χ3v) is 5.67. The van der Waals surface area contributed by atoms with E-state index < -0.39 is 0 Å². The molecular weight excluding hydrogens is 390 g/mol. The maximum Gasteiger partial charge on any atom is 0.0642 e. The number of nitrogens with zero attached hydrogens (tertiary/aromatic N) is 1. The van der Waals surface area contributed by atoms with E-state index in [1.807, 2.05) is 13.8 Å². The molecule has 32 heavy (non-hydrogen) atoms. The Bertz CT molecular complexity index is 1010. The Morgan fingerprint density at radius 2 is 1.31 bits per heavy atom. The van der Waals surface area contributed by atoms with Crippen molar-refractivity contribution in [1.82, 2.24) is 0 Å². The molecule has 0 radical (unpaired) electrons. The summed E-state index contributed by atoms with van der Waals surface area (Å²) in [4.78, 5) is 2.40. The lowest BCUT2D eigenvalue weighted by Gasteiger charge is -2.29. The van der Waals surface area contributed by atoms with Crippen LogP contribution in [0.25, 0.3) is 17.2 Å². The van der Waals surface area contributed by atoms with Crippen molar-refractivity contribution in [2.24, 2.45) is 0 Å². The summed E-state index contributed by atoms with van der Waals surface area (Å²) in [5.41, 5.74) is 8.79. The van der Waals surface area contributed by atoms with Crippen LogP contribution < -0.4 is 4.90 Å². The molecule has 1 saturated heterocycles. The van der Waals surface area contributed by atoms with Gasteiger partial charge in [-0.3, -0.25) is 0 Å². The van der Waals surface area contributed by atoms with Crippen LogP contribution in [0.15, 0.2) is 84.9 Å². The zero-order chi connectivity index (χ0) is 22.8. The third-order valence-electron chi connectivity index (χ3n) is 5.67. The second-order valence-corrected chi connectivity index (χ2v) is 7.63. The predicted molar refractivity (Wildman–Crippen MR) is 140 cm³/mol. The maximum atomic E-state index is 5.49. The van der Waals surface area contributed by atoms with Gasteiger partial charge in [0, 0.05) is 18.8 Å². The summed E-state index contributed by atoms with van der Waals surface area (Å²) in [6, 6.07) is 28.5. The molecule has 0 atom stereocenters. The topological polar surface area (TPSA) is 12.5 Å². The minimum absolute atomic E-state index is 0.804. The normalized spacial score (nSPS) is 14.6. The highest BCUT2D eigenvalue weighted by Crippen LogP contribution is 2.33. The van der Waals surface area contributed by atoms with E-state index in [0.717, 1.165) is 26.3 Å². The summed E-state index contributed by atoms with van der Waals surface area (Å²) in [5.74, 6) is 0.